The number of carbonyl (C=O) groups excluding carboxylic acids is 2. The molecule has 1 aromatic carbocycles. The predicted octanol–water partition coefficient (Wildman–Crippen LogP) is 4.29. The fraction of sp³-hybridized carbons (Fsp3) is 0.292. The Labute approximate surface area is 215 Å². The molecule has 2 aromatic heterocycles. The molecule has 5 rings (SSSR count). The molecular weight excluding hydrogens is 507 g/mol. The fourth-order valence-electron chi connectivity index (χ4n) is 4.62. The summed E-state index contributed by atoms with van der Waals surface area (Å²) in [6, 6.07) is 3.53. The van der Waals surface area contributed by atoms with E-state index in [1.165, 1.54) is 36.0 Å². The van der Waals surface area contributed by atoms with E-state index in [2.05, 4.69) is 16.2 Å². The van der Waals surface area contributed by atoms with E-state index >= 15 is 0 Å². The van der Waals surface area contributed by atoms with Crippen LogP contribution < -0.4 is 9.64 Å². The fourth-order valence-corrected chi connectivity index (χ4v) is 6.29. The zero-order valence-corrected chi connectivity index (χ0v) is 21.1. The highest BCUT2D eigenvalue weighted by molar-refractivity contribution is 8.09. The van der Waals surface area contributed by atoms with Gasteiger partial charge in [-0.3, -0.25) is 14.5 Å². The van der Waals surface area contributed by atoms with Gasteiger partial charge in [-0.05, 0) is 25.1 Å². The second-order valence-electron chi connectivity index (χ2n) is 8.35. The number of nitrogens with zero attached hydrogens (tertiary/aromatic N) is 6. The van der Waals surface area contributed by atoms with Crippen molar-refractivity contribution in [1.82, 2.24) is 19.7 Å². The van der Waals surface area contributed by atoms with Crippen molar-refractivity contribution in [3.63, 3.8) is 0 Å². The van der Waals surface area contributed by atoms with Crippen LogP contribution in [0, 0.1) is 24.1 Å². The number of pyridine rings is 1. The molecule has 2 aliphatic heterocycles. The Morgan fingerprint density at radius 2 is 2.08 bits per heavy atom. The normalized spacial score (nSPS) is 19.5. The van der Waals surface area contributed by atoms with E-state index in [4.69, 9.17) is 16.3 Å². The lowest BCUT2D eigenvalue weighted by Gasteiger charge is -2.40. The molecule has 1 fully saturated rings. The maximum Gasteiger partial charge on any atom is 0.332 e. The van der Waals surface area contributed by atoms with Crippen LogP contribution >= 0.6 is 23.4 Å². The smallest absolute Gasteiger partial charge is 0.332 e. The van der Waals surface area contributed by atoms with Crippen LogP contribution in [-0.2, 0) is 11.8 Å². The summed E-state index contributed by atoms with van der Waals surface area (Å²) in [7, 11) is 3.09. The van der Waals surface area contributed by atoms with Gasteiger partial charge in [-0.25, -0.2) is 14.1 Å². The molecule has 0 bridgehead atoms. The summed E-state index contributed by atoms with van der Waals surface area (Å²) in [5, 5.41) is 13.8. The highest BCUT2D eigenvalue weighted by atomic mass is 35.5. The van der Waals surface area contributed by atoms with Crippen LogP contribution in [-0.4, -0.2) is 56.5 Å². The summed E-state index contributed by atoms with van der Waals surface area (Å²) in [5.41, 5.74) is 2.14. The zero-order chi connectivity index (χ0) is 25.7. The largest absolute Gasteiger partial charge is 0.494 e. The van der Waals surface area contributed by atoms with Gasteiger partial charge in [0.2, 0.25) is 0 Å². The van der Waals surface area contributed by atoms with Gasteiger partial charge in [0.1, 0.15) is 5.25 Å². The van der Waals surface area contributed by atoms with Gasteiger partial charge in [0.05, 0.1) is 53.8 Å². The molecule has 2 atom stereocenters. The number of benzene rings is 1. The first-order chi connectivity index (χ1) is 17.3. The van der Waals surface area contributed by atoms with Crippen molar-refractivity contribution in [3.8, 4) is 11.8 Å². The number of aryl methyl sites for hydroxylation is 2. The summed E-state index contributed by atoms with van der Waals surface area (Å²) in [6.07, 6.45) is 4.97. The molecule has 0 N–H and O–H groups in total. The summed E-state index contributed by atoms with van der Waals surface area (Å²) in [5.74, 6) is -1.01. The highest BCUT2D eigenvalue weighted by Crippen LogP contribution is 2.48. The molecule has 1 saturated heterocycles. The first-order valence-corrected chi connectivity index (χ1v) is 12.2. The Balaban J connectivity index is 1.60. The average molecular weight is 527 g/mol. The molecular formula is C24H20ClFN6O3S. The van der Waals surface area contributed by atoms with Crippen LogP contribution in [0.3, 0.4) is 0 Å². The van der Waals surface area contributed by atoms with Crippen LogP contribution in [0.5, 0.6) is 5.75 Å². The van der Waals surface area contributed by atoms with Gasteiger partial charge >= 0.3 is 6.03 Å². The van der Waals surface area contributed by atoms with Crippen molar-refractivity contribution in [3.05, 3.63) is 52.7 Å². The van der Waals surface area contributed by atoms with Crippen molar-refractivity contribution < 1.29 is 18.7 Å². The van der Waals surface area contributed by atoms with Crippen LogP contribution in [0.25, 0.3) is 15.8 Å². The number of hydrogen-bond acceptors (Lipinski definition) is 7. The highest BCUT2D eigenvalue weighted by Gasteiger charge is 2.50. The van der Waals surface area contributed by atoms with E-state index in [0.29, 0.717) is 21.7 Å². The molecule has 9 nitrogen and oxygen atoms in total. The SMILES string of the molecule is COc1cc(C2=CC3C(S2)C(=O)N(c2cncc4c(C)nn(C)c24)C(=O)N3CCC#N)c(Cl)cc1F. The molecule has 3 aromatic rings. The molecule has 184 valence electrons. The minimum atomic E-state index is -0.701. The van der Waals surface area contributed by atoms with Crippen molar-refractivity contribution in [2.75, 3.05) is 18.6 Å². The van der Waals surface area contributed by atoms with Crippen molar-refractivity contribution in [2.24, 2.45) is 7.05 Å². The number of thioether (sulfide) groups is 1. The van der Waals surface area contributed by atoms with E-state index in [1.54, 1.807) is 24.0 Å². The number of halogens is 2. The minimum Gasteiger partial charge on any atom is -0.494 e. The first-order valence-electron chi connectivity index (χ1n) is 11.0. The van der Waals surface area contributed by atoms with Gasteiger partial charge in [-0.1, -0.05) is 11.6 Å². The lowest BCUT2D eigenvalue weighted by Crippen LogP contribution is -2.62. The van der Waals surface area contributed by atoms with Gasteiger partial charge in [0, 0.05) is 35.6 Å². The van der Waals surface area contributed by atoms with Gasteiger partial charge in [-0.15, -0.1) is 11.8 Å². The Morgan fingerprint density at radius 3 is 2.81 bits per heavy atom. The maximum atomic E-state index is 14.1. The molecule has 0 aliphatic carbocycles. The number of rotatable bonds is 5. The first kappa shape index (κ1) is 24.1. The van der Waals surface area contributed by atoms with E-state index < -0.39 is 29.0 Å². The third-order valence-electron chi connectivity index (χ3n) is 6.27. The van der Waals surface area contributed by atoms with Crippen molar-refractivity contribution in [1.29, 1.82) is 5.26 Å². The van der Waals surface area contributed by atoms with E-state index in [0.717, 1.165) is 22.0 Å². The van der Waals surface area contributed by atoms with Gasteiger partial charge in [0.15, 0.2) is 11.6 Å². The summed E-state index contributed by atoms with van der Waals surface area (Å²) in [4.78, 5) is 35.0. The van der Waals surface area contributed by atoms with Gasteiger partial charge in [-0.2, -0.15) is 10.4 Å². The number of urea groups is 1. The number of aromatic nitrogens is 3. The monoisotopic (exact) mass is 526 g/mol. The quantitative estimate of drug-likeness (QED) is 0.488. The van der Waals surface area contributed by atoms with Gasteiger partial charge in [0.25, 0.3) is 5.91 Å². The van der Waals surface area contributed by atoms with Crippen LogP contribution in [0.15, 0.2) is 30.6 Å². The Morgan fingerprint density at radius 1 is 1.31 bits per heavy atom. The third kappa shape index (κ3) is 3.68. The number of carbonyl (C=O) groups is 2. The van der Waals surface area contributed by atoms with Crippen molar-refractivity contribution in [2.45, 2.75) is 24.6 Å². The maximum absolute atomic E-state index is 14.1. The van der Waals surface area contributed by atoms with E-state index in [1.807, 2.05) is 6.92 Å². The number of anilines is 1. The molecule has 4 heterocycles. The average Bonchev–Trinajstić information content (AvgIpc) is 3.41. The molecule has 0 spiro atoms. The van der Waals surface area contributed by atoms with E-state index in [9.17, 15) is 19.2 Å². The van der Waals surface area contributed by atoms with Crippen molar-refractivity contribution >= 4 is 56.8 Å². The Kier molecular flexibility index (Phi) is 6.10. The number of imide groups is 1. The minimum absolute atomic E-state index is 0.0143. The second kappa shape index (κ2) is 9.11. The molecule has 12 heteroatoms. The Hall–Kier alpha value is -3.62. The number of ether oxygens (including phenoxy) is 1. The van der Waals surface area contributed by atoms with Crippen LogP contribution in [0.1, 0.15) is 17.7 Å². The topological polar surface area (TPSA) is 104 Å². The number of methoxy groups -OCH3 is 1. The number of fused-ring (bicyclic) bond motifs is 2. The van der Waals surface area contributed by atoms with Crippen LogP contribution in [0.2, 0.25) is 5.02 Å². The third-order valence-corrected chi connectivity index (χ3v) is 7.93. The standard InChI is InChI=1S/C24H20ClFN6O3S/c1-12-14-10-28-11-18(21(14)30(2)29-12)32-23(33)22-17(31(24(32)34)6-4-5-27)9-20(36-22)13-7-19(35-3)16(26)8-15(13)25/h7-11,17,22H,4,6H2,1-3H3. The molecule has 0 saturated carbocycles. The molecule has 2 aliphatic rings. The number of amides is 3. The summed E-state index contributed by atoms with van der Waals surface area (Å²) < 4.78 is 20.9. The van der Waals surface area contributed by atoms with E-state index in [-0.39, 0.29) is 23.7 Å². The van der Waals surface area contributed by atoms with Gasteiger partial charge < -0.3 is 9.64 Å². The summed E-state index contributed by atoms with van der Waals surface area (Å²) in [6.45, 7) is 1.95. The lowest BCUT2D eigenvalue weighted by atomic mass is 10.0. The molecule has 36 heavy (non-hydrogen) atoms. The number of hydrogen-bond donors (Lipinski definition) is 0. The molecule has 0 radical (unpaired) electrons. The van der Waals surface area contributed by atoms with Crippen LogP contribution in [0.4, 0.5) is 14.9 Å². The lowest BCUT2D eigenvalue weighted by molar-refractivity contribution is -0.119. The summed E-state index contributed by atoms with van der Waals surface area (Å²) >= 11 is 7.58. The molecule has 3 amide bonds. The predicted molar refractivity (Wildman–Crippen MR) is 134 cm³/mol. The Bertz CT molecular complexity index is 1500. The number of nitriles is 1. The zero-order valence-electron chi connectivity index (χ0n) is 19.5. The second-order valence-corrected chi connectivity index (χ2v) is 9.94. The molecule has 2 unspecified atom stereocenters.